The summed E-state index contributed by atoms with van der Waals surface area (Å²) in [5.74, 6) is -0.466. The molecule has 0 saturated carbocycles. The average molecular weight is 431 g/mol. The number of allylic oxidation sites excluding steroid dienone is 6. The molecular weight excluding hydrogens is 392 g/mol. The van der Waals surface area contributed by atoms with Crippen LogP contribution in [-0.2, 0) is 19.1 Å². The second-order valence-corrected chi connectivity index (χ2v) is 8.40. The van der Waals surface area contributed by atoms with Crippen molar-refractivity contribution in [3.63, 3.8) is 0 Å². The summed E-state index contributed by atoms with van der Waals surface area (Å²) in [5, 5.41) is 10.4. The minimum absolute atomic E-state index is 0.0438. The van der Waals surface area contributed by atoms with Crippen LogP contribution in [-0.4, -0.2) is 34.9 Å². The summed E-state index contributed by atoms with van der Waals surface area (Å²) < 4.78 is 4.68. The average Bonchev–Trinajstić information content (AvgIpc) is 3.06. The standard InChI is InChI=1S/C26H38O5/c1-4-5-6-11-18-26(3,30)19-12-13-22-16-17-25(29)24(22)15-10-8-7-9-14-23(28)20-31-21(2)27/h8,10-13,16-18,22,24,30H,4-7,9,14-15,19-20H2,1-3H3/t22-,24+,26?/m0/s1. The zero-order valence-electron chi connectivity index (χ0n) is 19.2. The van der Waals surface area contributed by atoms with Gasteiger partial charge in [0.2, 0.25) is 0 Å². The molecule has 172 valence electrons. The van der Waals surface area contributed by atoms with Gasteiger partial charge in [-0.05, 0) is 45.1 Å². The fourth-order valence-corrected chi connectivity index (χ4v) is 3.35. The van der Waals surface area contributed by atoms with E-state index in [4.69, 9.17) is 0 Å². The predicted molar refractivity (Wildman–Crippen MR) is 123 cm³/mol. The maximum absolute atomic E-state index is 12.2. The molecule has 1 N–H and O–H groups in total. The highest BCUT2D eigenvalue weighted by atomic mass is 16.5. The molecule has 0 bridgehead atoms. The van der Waals surface area contributed by atoms with Gasteiger partial charge in [0.05, 0.1) is 5.60 Å². The molecule has 0 saturated heterocycles. The molecule has 3 atom stereocenters. The van der Waals surface area contributed by atoms with Gasteiger partial charge in [0.25, 0.3) is 0 Å². The van der Waals surface area contributed by atoms with Crippen molar-refractivity contribution in [2.24, 2.45) is 11.8 Å². The number of carbonyl (C=O) groups is 3. The Kier molecular flexibility index (Phi) is 12.7. The second kappa shape index (κ2) is 14.7. The molecule has 5 nitrogen and oxygen atoms in total. The van der Waals surface area contributed by atoms with E-state index in [1.165, 1.54) is 6.92 Å². The lowest BCUT2D eigenvalue weighted by molar-refractivity contribution is -0.145. The number of esters is 1. The van der Waals surface area contributed by atoms with E-state index >= 15 is 0 Å². The fourth-order valence-electron chi connectivity index (χ4n) is 3.35. The summed E-state index contributed by atoms with van der Waals surface area (Å²) in [6, 6.07) is 0. The van der Waals surface area contributed by atoms with Crippen LogP contribution >= 0.6 is 0 Å². The summed E-state index contributed by atoms with van der Waals surface area (Å²) in [6.45, 7) is 5.07. The van der Waals surface area contributed by atoms with Crippen LogP contribution in [0.3, 0.4) is 0 Å². The summed E-state index contributed by atoms with van der Waals surface area (Å²) in [6.07, 6.45) is 21.6. The van der Waals surface area contributed by atoms with Gasteiger partial charge in [0, 0.05) is 25.2 Å². The van der Waals surface area contributed by atoms with Gasteiger partial charge in [-0.3, -0.25) is 14.4 Å². The number of rotatable bonds is 15. The van der Waals surface area contributed by atoms with Gasteiger partial charge in [-0.1, -0.05) is 62.3 Å². The monoisotopic (exact) mass is 430 g/mol. The minimum atomic E-state index is -0.876. The maximum Gasteiger partial charge on any atom is 0.303 e. The van der Waals surface area contributed by atoms with E-state index in [-0.39, 0.29) is 30.0 Å². The maximum atomic E-state index is 12.2. The van der Waals surface area contributed by atoms with Crippen molar-refractivity contribution in [2.45, 2.75) is 77.7 Å². The van der Waals surface area contributed by atoms with Crippen molar-refractivity contribution in [1.82, 2.24) is 0 Å². The number of ketones is 2. The van der Waals surface area contributed by atoms with Crippen LogP contribution in [0.4, 0.5) is 0 Å². The van der Waals surface area contributed by atoms with E-state index in [1.807, 2.05) is 42.5 Å². The summed E-state index contributed by atoms with van der Waals surface area (Å²) in [4.78, 5) is 34.4. The van der Waals surface area contributed by atoms with Crippen LogP contribution in [0.5, 0.6) is 0 Å². The lowest BCUT2D eigenvalue weighted by Gasteiger charge is -2.17. The normalized spacial score (nSPS) is 20.8. The highest BCUT2D eigenvalue weighted by Crippen LogP contribution is 2.28. The number of hydrogen-bond acceptors (Lipinski definition) is 5. The van der Waals surface area contributed by atoms with Crippen LogP contribution in [0.1, 0.15) is 72.1 Å². The van der Waals surface area contributed by atoms with Crippen LogP contribution in [0.15, 0.2) is 48.6 Å². The Bertz CT molecular complexity index is 697. The van der Waals surface area contributed by atoms with Crippen molar-refractivity contribution in [3.8, 4) is 0 Å². The molecule has 0 aliphatic heterocycles. The Morgan fingerprint density at radius 2 is 1.90 bits per heavy atom. The van der Waals surface area contributed by atoms with Crippen molar-refractivity contribution in [1.29, 1.82) is 0 Å². The highest BCUT2D eigenvalue weighted by molar-refractivity contribution is 5.95. The first-order valence-electron chi connectivity index (χ1n) is 11.3. The Morgan fingerprint density at radius 1 is 1.16 bits per heavy atom. The van der Waals surface area contributed by atoms with Gasteiger partial charge < -0.3 is 9.84 Å². The van der Waals surface area contributed by atoms with Crippen LogP contribution in [0.25, 0.3) is 0 Å². The topological polar surface area (TPSA) is 80.7 Å². The Labute approximate surface area is 186 Å². The Hall–Kier alpha value is -2.27. The summed E-state index contributed by atoms with van der Waals surface area (Å²) in [7, 11) is 0. The molecule has 0 amide bonds. The molecule has 1 aliphatic rings. The molecule has 0 radical (unpaired) electrons. The first-order chi connectivity index (χ1) is 14.7. The van der Waals surface area contributed by atoms with Crippen LogP contribution in [0, 0.1) is 11.8 Å². The fraction of sp³-hybridized carbons (Fsp3) is 0.577. The molecule has 0 spiro atoms. The summed E-state index contributed by atoms with van der Waals surface area (Å²) in [5.41, 5.74) is -0.876. The van der Waals surface area contributed by atoms with E-state index in [0.29, 0.717) is 25.7 Å². The SMILES string of the molecule is CCCCC=CC(C)(O)CC=C[C@H]1C=CC(=O)[C@@H]1CC=CCCCC(=O)COC(C)=O. The molecule has 1 unspecified atom stereocenters. The predicted octanol–water partition coefficient (Wildman–Crippen LogP) is 5.05. The van der Waals surface area contributed by atoms with Gasteiger partial charge in [0.15, 0.2) is 11.6 Å². The third-order valence-electron chi connectivity index (χ3n) is 5.22. The lowest BCUT2D eigenvalue weighted by atomic mass is 9.90. The Balaban J connectivity index is 2.38. The number of aliphatic hydroxyl groups is 1. The number of unbranched alkanes of at least 4 members (excludes halogenated alkanes) is 3. The van der Waals surface area contributed by atoms with Crippen LogP contribution in [0.2, 0.25) is 0 Å². The van der Waals surface area contributed by atoms with E-state index in [9.17, 15) is 19.5 Å². The lowest BCUT2D eigenvalue weighted by Crippen LogP contribution is -2.19. The molecule has 0 aromatic heterocycles. The van der Waals surface area contributed by atoms with Crippen LogP contribution < -0.4 is 0 Å². The number of ether oxygens (including phenoxy) is 1. The Morgan fingerprint density at radius 3 is 2.61 bits per heavy atom. The zero-order chi connectivity index (χ0) is 23.1. The van der Waals surface area contributed by atoms with E-state index in [1.54, 1.807) is 13.0 Å². The second-order valence-electron chi connectivity index (χ2n) is 8.40. The van der Waals surface area contributed by atoms with Gasteiger partial charge >= 0.3 is 5.97 Å². The van der Waals surface area contributed by atoms with Crippen molar-refractivity contribution in [2.75, 3.05) is 6.61 Å². The molecule has 0 heterocycles. The van der Waals surface area contributed by atoms with E-state index in [0.717, 1.165) is 25.7 Å². The van der Waals surface area contributed by atoms with Gasteiger partial charge in [-0.2, -0.15) is 0 Å². The molecule has 5 heteroatoms. The molecule has 0 aromatic carbocycles. The van der Waals surface area contributed by atoms with Crippen molar-refractivity contribution >= 4 is 17.5 Å². The smallest absolute Gasteiger partial charge is 0.303 e. The van der Waals surface area contributed by atoms with E-state index in [2.05, 4.69) is 11.7 Å². The van der Waals surface area contributed by atoms with Crippen molar-refractivity contribution in [3.05, 3.63) is 48.6 Å². The first-order valence-corrected chi connectivity index (χ1v) is 11.3. The third-order valence-corrected chi connectivity index (χ3v) is 5.22. The van der Waals surface area contributed by atoms with Gasteiger partial charge in [-0.15, -0.1) is 0 Å². The first kappa shape index (κ1) is 26.8. The quantitative estimate of drug-likeness (QED) is 0.223. The highest BCUT2D eigenvalue weighted by Gasteiger charge is 2.27. The molecule has 1 rings (SSSR count). The zero-order valence-corrected chi connectivity index (χ0v) is 19.2. The molecule has 0 fully saturated rings. The molecule has 1 aliphatic carbocycles. The molecule has 31 heavy (non-hydrogen) atoms. The third kappa shape index (κ3) is 12.2. The summed E-state index contributed by atoms with van der Waals surface area (Å²) >= 11 is 0. The number of Topliss-reactive ketones (excluding diaryl/α,β-unsaturated/α-hetero) is 1. The van der Waals surface area contributed by atoms with E-state index < -0.39 is 11.6 Å². The van der Waals surface area contributed by atoms with Gasteiger partial charge in [-0.25, -0.2) is 0 Å². The van der Waals surface area contributed by atoms with Gasteiger partial charge in [0.1, 0.15) is 6.61 Å². The minimum Gasteiger partial charge on any atom is -0.458 e. The van der Waals surface area contributed by atoms with Crippen molar-refractivity contribution < 1.29 is 24.2 Å². The number of carbonyl (C=O) groups excluding carboxylic acids is 3. The molecule has 0 aromatic rings. The molecular formula is C26H38O5. The largest absolute Gasteiger partial charge is 0.458 e. The number of hydrogen-bond donors (Lipinski definition) is 1.